The van der Waals surface area contributed by atoms with Crippen LogP contribution in [0.5, 0.6) is 0 Å². The van der Waals surface area contributed by atoms with E-state index in [1.165, 1.54) is 6.92 Å². The number of hydrogen-bond acceptors (Lipinski definition) is 7. The number of rotatable bonds is 2. The molecule has 7 heteroatoms. The number of ether oxygens (including phenoxy) is 2. The lowest BCUT2D eigenvalue weighted by atomic mass is 9.78. The molecular formula is C20H26O7. The van der Waals surface area contributed by atoms with Gasteiger partial charge in [-0.2, -0.15) is 0 Å². The van der Waals surface area contributed by atoms with E-state index in [1.807, 2.05) is 0 Å². The van der Waals surface area contributed by atoms with Gasteiger partial charge >= 0.3 is 11.9 Å². The fraction of sp³-hybridized carbons (Fsp3) is 0.600. The smallest absolute Gasteiger partial charge is 0.334 e. The standard InChI is InChI=1S/C20H26O7/c1-6-8(2)18(23)26-11-7-9(3)12-14(20(5,25)17(22)15(12)21)16-13(11)10(4)19(24)27-16/h6,11,13-17,21-22,25H,4,7H2,1-3,5H3/b8-6-/t11-,13-,14+,15-,16+,17-,20-/m1/s1. The van der Waals surface area contributed by atoms with E-state index in [2.05, 4.69) is 6.58 Å². The number of allylic oxidation sites excluding steroid dienone is 1. The summed E-state index contributed by atoms with van der Waals surface area (Å²) in [6.07, 6.45) is -2.44. The zero-order chi connectivity index (χ0) is 20.3. The molecule has 2 fully saturated rings. The van der Waals surface area contributed by atoms with E-state index in [1.54, 1.807) is 26.8 Å². The summed E-state index contributed by atoms with van der Waals surface area (Å²) in [7, 11) is 0. The van der Waals surface area contributed by atoms with E-state index in [0.717, 1.165) is 0 Å². The van der Waals surface area contributed by atoms with E-state index >= 15 is 0 Å². The molecule has 27 heavy (non-hydrogen) atoms. The molecule has 0 spiro atoms. The van der Waals surface area contributed by atoms with Gasteiger partial charge in [0, 0.05) is 17.6 Å². The van der Waals surface area contributed by atoms with Crippen LogP contribution in [0.1, 0.15) is 34.1 Å². The van der Waals surface area contributed by atoms with Gasteiger partial charge in [0.1, 0.15) is 30.0 Å². The Balaban J connectivity index is 2.09. The Labute approximate surface area is 158 Å². The first-order valence-electron chi connectivity index (χ1n) is 9.04. The molecular weight excluding hydrogens is 352 g/mol. The minimum absolute atomic E-state index is 0.164. The summed E-state index contributed by atoms with van der Waals surface area (Å²) >= 11 is 0. The zero-order valence-electron chi connectivity index (χ0n) is 15.9. The molecule has 1 saturated heterocycles. The number of fused-ring (bicyclic) bond motifs is 3. The third-order valence-corrected chi connectivity index (χ3v) is 6.19. The van der Waals surface area contributed by atoms with Crippen LogP contribution in [0.25, 0.3) is 0 Å². The summed E-state index contributed by atoms with van der Waals surface area (Å²) in [5.41, 5.74) is 0.0168. The molecule has 0 radical (unpaired) electrons. The average Bonchev–Trinajstić information content (AvgIpc) is 2.93. The van der Waals surface area contributed by atoms with Crippen molar-refractivity contribution in [3.63, 3.8) is 0 Å². The summed E-state index contributed by atoms with van der Waals surface area (Å²) in [5, 5.41) is 31.8. The number of carbonyl (C=O) groups excluding carboxylic acids is 2. The van der Waals surface area contributed by atoms with Crippen LogP contribution in [-0.2, 0) is 19.1 Å². The highest BCUT2D eigenvalue weighted by Gasteiger charge is 2.63. The zero-order valence-corrected chi connectivity index (χ0v) is 15.9. The van der Waals surface area contributed by atoms with E-state index in [9.17, 15) is 24.9 Å². The van der Waals surface area contributed by atoms with Gasteiger partial charge in [-0.1, -0.05) is 18.2 Å². The average molecular weight is 378 g/mol. The van der Waals surface area contributed by atoms with Gasteiger partial charge in [0.15, 0.2) is 0 Å². The number of hydrogen-bond donors (Lipinski definition) is 3. The third kappa shape index (κ3) is 2.85. The lowest BCUT2D eigenvalue weighted by molar-refractivity contribution is -0.155. The summed E-state index contributed by atoms with van der Waals surface area (Å²) < 4.78 is 11.2. The SMILES string of the molecule is C=C1C(=O)O[C@H]2[C@H]1[C@H](OC(=O)/C(C)=C\C)CC(C)=C1[C@@H](O)[C@@H](O)[C@](C)(O)[C@@H]12. The van der Waals surface area contributed by atoms with Gasteiger partial charge in [0.25, 0.3) is 0 Å². The lowest BCUT2D eigenvalue weighted by Crippen LogP contribution is -2.49. The Morgan fingerprint density at radius 1 is 1.41 bits per heavy atom. The molecule has 7 atom stereocenters. The first kappa shape index (κ1) is 19.8. The fourth-order valence-electron chi connectivity index (χ4n) is 4.53. The molecule has 1 saturated carbocycles. The molecule has 0 aromatic carbocycles. The molecule has 1 heterocycles. The van der Waals surface area contributed by atoms with E-state index in [4.69, 9.17) is 9.47 Å². The number of carbonyl (C=O) groups is 2. The Kier molecular flexibility index (Phi) is 4.82. The molecule has 7 nitrogen and oxygen atoms in total. The maximum Gasteiger partial charge on any atom is 0.334 e. The van der Waals surface area contributed by atoms with E-state index in [0.29, 0.717) is 16.7 Å². The van der Waals surface area contributed by atoms with Crippen molar-refractivity contribution in [2.24, 2.45) is 11.8 Å². The largest absolute Gasteiger partial charge is 0.458 e. The van der Waals surface area contributed by atoms with Crippen LogP contribution in [0.4, 0.5) is 0 Å². The van der Waals surface area contributed by atoms with Crippen LogP contribution in [-0.4, -0.2) is 57.3 Å². The van der Waals surface area contributed by atoms with E-state index < -0.39 is 53.8 Å². The van der Waals surface area contributed by atoms with Crippen molar-refractivity contribution in [1.82, 2.24) is 0 Å². The van der Waals surface area contributed by atoms with Crippen LogP contribution in [0.15, 0.2) is 34.9 Å². The number of esters is 2. The van der Waals surface area contributed by atoms with Crippen molar-refractivity contribution >= 4 is 11.9 Å². The van der Waals surface area contributed by atoms with Crippen LogP contribution >= 0.6 is 0 Å². The summed E-state index contributed by atoms with van der Waals surface area (Å²) in [4.78, 5) is 24.5. The highest BCUT2D eigenvalue weighted by Crippen LogP contribution is 2.52. The van der Waals surface area contributed by atoms with Gasteiger partial charge in [-0.15, -0.1) is 0 Å². The predicted octanol–water partition coefficient (Wildman–Crippen LogP) is 0.785. The quantitative estimate of drug-likeness (QED) is 0.370. The Morgan fingerprint density at radius 3 is 2.63 bits per heavy atom. The third-order valence-electron chi connectivity index (χ3n) is 6.19. The molecule has 3 aliphatic rings. The second kappa shape index (κ2) is 6.58. The fourth-order valence-corrected chi connectivity index (χ4v) is 4.53. The van der Waals surface area contributed by atoms with Gasteiger partial charge < -0.3 is 24.8 Å². The van der Waals surface area contributed by atoms with Crippen molar-refractivity contribution in [1.29, 1.82) is 0 Å². The van der Waals surface area contributed by atoms with Gasteiger partial charge in [-0.25, -0.2) is 9.59 Å². The van der Waals surface area contributed by atoms with Crippen LogP contribution in [0, 0.1) is 11.8 Å². The molecule has 0 bridgehead atoms. The van der Waals surface area contributed by atoms with Crippen molar-refractivity contribution in [2.45, 2.75) is 64.1 Å². The Bertz CT molecular complexity index is 760. The molecule has 0 amide bonds. The molecule has 148 valence electrons. The topological polar surface area (TPSA) is 113 Å². The molecule has 3 N–H and O–H groups in total. The van der Waals surface area contributed by atoms with Crippen molar-refractivity contribution in [3.05, 3.63) is 34.9 Å². The monoisotopic (exact) mass is 378 g/mol. The molecule has 0 unspecified atom stereocenters. The van der Waals surface area contributed by atoms with Crippen LogP contribution in [0.3, 0.4) is 0 Å². The van der Waals surface area contributed by atoms with Crippen molar-refractivity contribution in [2.75, 3.05) is 0 Å². The van der Waals surface area contributed by atoms with Gasteiger partial charge in [-0.3, -0.25) is 0 Å². The number of aliphatic hydroxyl groups excluding tert-OH is 2. The minimum Gasteiger partial charge on any atom is -0.458 e. The van der Waals surface area contributed by atoms with Crippen molar-refractivity contribution < 1.29 is 34.4 Å². The maximum absolute atomic E-state index is 12.3. The Morgan fingerprint density at radius 2 is 2.04 bits per heavy atom. The molecule has 0 aromatic rings. The highest BCUT2D eigenvalue weighted by molar-refractivity contribution is 5.92. The van der Waals surface area contributed by atoms with Gasteiger partial charge in [0.2, 0.25) is 0 Å². The molecule has 2 aliphatic carbocycles. The summed E-state index contributed by atoms with van der Waals surface area (Å²) in [6, 6.07) is 0. The van der Waals surface area contributed by atoms with Gasteiger partial charge in [-0.05, 0) is 33.3 Å². The lowest BCUT2D eigenvalue weighted by Gasteiger charge is -2.34. The molecule has 1 aliphatic heterocycles. The highest BCUT2D eigenvalue weighted by atomic mass is 16.6. The predicted molar refractivity (Wildman–Crippen MR) is 95.3 cm³/mol. The first-order chi connectivity index (χ1) is 12.5. The second-order valence-corrected chi connectivity index (χ2v) is 7.87. The molecule has 3 rings (SSSR count). The minimum atomic E-state index is -1.71. The number of aliphatic hydroxyl groups is 3. The van der Waals surface area contributed by atoms with Crippen LogP contribution < -0.4 is 0 Å². The summed E-state index contributed by atoms with van der Waals surface area (Å²) in [5.74, 6) is -2.63. The normalized spacial score (nSPS) is 41.8. The summed E-state index contributed by atoms with van der Waals surface area (Å²) in [6.45, 7) is 10.3. The Hall–Kier alpha value is -1.96. The van der Waals surface area contributed by atoms with Crippen LogP contribution in [0.2, 0.25) is 0 Å². The van der Waals surface area contributed by atoms with Gasteiger partial charge in [0.05, 0.1) is 11.8 Å². The van der Waals surface area contributed by atoms with Crippen molar-refractivity contribution in [3.8, 4) is 0 Å². The first-order valence-corrected chi connectivity index (χ1v) is 9.04. The van der Waals surface area contributed by atoms with E-state index in [-0.39, 0.29) is 12.0 Å². The maximum atomic E-state index is 12.3. The molecule has 0 aromatic heterocycles. The second-order valence-electron chi connectivity index (χ2n) is 7.87.